The summed E-state index contributed by atoms with van der Waals surface area (Å²) in [4.78, 5) is 1.84. The zero-order chi connectivity index (χ0) is 22.0. The summed E-state index contributed by atoms with van der Waals surface area (Å²) in [6.07, 6.45) is 0. The molecule has 1 aromatic carbocycles. The first-order valence-electron chi connectivity index (χ1n) is 10.6. The molecule has 0 amide bonds. The maximum atomic E-state index is 13.6. The van der Waals surface area contributed by atoms with Crippen molar-refractivity contribution in [2.75, 3.05) is 27.2 Å². The summed E-state index contributed by atoms with van der Waals surface area (Å²) in [6.45, 7) is 20.5. The molecule has 1 atom stereocenters. The van der Waals surface area contributed by atoms with Crippen LogP contribution in [-0.4, -0.2) is 45.4 Å². The van der Waals surface area contributed by atoms with Crippen LogP contribution in [0.15, 0.2) is 17.0 Å². The second-order valence-electron chi connectivity index (χ2n) is 10.1. The van der Waals surface area contributed by atoms with E-state index in [1.165, 1.54) is 10.5 Å². The molecule has 1 rings (SSSR count). The number of hydrogen-bond acceptors (Lipinski definition) is 2. The third kappa shape index (κ3) is 6.95. The zero-order valence-electron chi connectivity index (χ0n) is 20.4. The third-order valence-electron chi connectivity index (χ3n) is 5.83. The molecule has 1 unspecified atom stereocenters. The highest BCUT2D eigenvalue weighted by Crippen LogP contribution is 2.36. The number of quaternary nitrogens is 1. The van der Waals surface area contributed by atoms with Gasteiger partial charge >= 0.3 is 0 Å². The van der Waals surface area contributed by atoms with E-state index in [4.69, 9.17) is 0 Å². The van der Waals surface area contributed by atoms with Crippen LogP contribution in [0.25, 0.3) is 0 Å². The number of hydrogen-bond donors (Lipinski definition) is 1. The molecule has 4 nitrogen and oxygen atoms in total. The molecule has 1 N–H and O–H groups in total. The largest absolute Gasteiger partial charge is 1.00 e. The van der Waals surface area contributed by atoms with E-state index in [0.717, 1.165) is 17.7 Å². The predicted octanol–water partition coefficient (Wildman–Crippen LogP) is 0.995. The van der Waals surface area contributed by atoms with Gasteiger partial charge in [0.25, 0.3) is 0 Å². The van der Waals surface area contributed by atoms with Crippen LogP contribution < -0.4 is 17.3 Å². The lowest BCUT2D eigenvalue weighted by Gasteiger charge is -2.31. The molecule has 0 bridgehead atoms. The quantitative estimate of drug-likeness (QED) is 0.647. The van der Waals surface area contributed by atoms with Crippen molar-refractivity contribution in [2.45, 2.75) is 90.5 Å². The van der Waals surface area contributed by atoms with E-state index < -0.39 is 10.0 Å². The first kappa shape index (κ1) is 28.4. The van der Waals surface area contributed by atoms with Gasteiger partial charge in [0.2, 0.25) is 10.0 Å². The average Bonchev–Trinajstić information content (AvgIpc) is 2.56. The number of halogens is 1. The minimum Gasteiger partial charge on any atom is -1.00 e. The Morgan fingerprint density at radius 3 is 1.66 bits per heavy atom. The first-order chi connectivity index (χ1) is 12.6. The van der Waals surface area contributed by atoms with E-state index in [9.17, 15) is 8.42 Å². The van der Waals surface area contributed by atoms with Crippen LogP contribution >= 0.6 is 0 Å². The van der Waals surface area contributed by atoms with Crippen LogP contribution in [-0.2, 0) is 10.0 Å². The zero-order valence-corrected chi connectivity index (χ0v) is 21.9. The minimum absolute atomic E-state index is 0. The Balaban J connectivity index is 0.00000784. The maximum Gasteiger partial charge on any atom is 0.243 e. The van der Waals surface area contributed by atoms with Crippen molar-refractivity contribution < 1.29 is 25.7 Å². The molecule has 0 aliphatic carbocycles. The van der Waals surface area contributed by atoms with Crippen molar-refractivity contribution in [3.8, 4) is 0 Å². The van der Waals surface area contributed by atoms with Gasteiger partial charge in [0.1, 0.15) is 0 Å². The second-order valence-corrected chi connectivity index (χ2v) is 12.1. The molecule has 0 aliphatic rings. The molecule has 0 heterocycles. The van der Waals surface area contributed by atoms with Crippen LogP contribution in [0.2, 0.25) is 0 Å². The van der Waals surface area contributed by atoms with Crippen LogP contribution in [0, 0.1) is 0 Å². The molecule has 170 valence electrons. The number of nitrogens with zero attached hydrogens (tertiary/aromatic N) is 1. The van der Waals surface area contributed by atoms with E-state index in [-0.39, 0.29) is 29.8 Å². The van der Waals surface area contributed by atoms with Crippen LogP contribution in [0.4, 0.5) is 0 Å². The topological polar surface area (TPSA) is 41.8 Å². The molecule has 0 saturated carbocycles. The van der Waals surface area contributed by atoms with Crippen LogP contribution in [0.1, 0.15) is 96.8 Å². The molecular formula is C23H43ClN2O2S. The van der Waals surface area contributed by atoms with Crippen LogP contribution in [0.3, 0.4) is 0 Å². The van der Waals surface area contributed by atoms with Crippen molar-refractivity contribution in [1.29, 1.82) is 0 Å². The summed E-state index contributed by atoms with van der Waals surface area (Å²) in [5.74, 6) is 0.669. The lowest BCUT2D eigenvalue weighted by Crippen LogP contribution is -3.16. The van der Waals surface area contributed by atoms with E-state index in [1.54, 1.807) is 11.4 Å². The molecule has 0 saturated heterocycles. The Kier molecular flexibility index (Phi) is 10.4. The summed E-state index contributed by atoms with van der Waals surface area (Å²) in [5, 5.41) is 0. The summed E-state index contributed by atoms with van der Waals surface area (Å²) in [5.41, 5.74) is 3.19. The Morgan fingerprint density at radius 1 is 0.931 bits per heavy atom. The standard InChI is InChI=1S/C23H42N2O2S.ClH/c1-16(2)19-14-20(17(3)4)22(21(15-19)18(5)6)28(26,27)25(11)13-12-24(10)23(7,8)9;/h14-18H,12-13H2,1-11H3;1H. The molecule has 0 fully saturated rings. The molecule has 29 heavy (non-hydrogen) atoms. The lowest BCUT2D eigenvalue weighted by molar-refractivity contribution is -0.927. The van der Waals surface area contributed by atoms with Crippen molar-refractivity contribution >= 4 is 10.0 Å². The molecule has 1 aromatic rings. The Labute approximate surface area is 186 Å². The van der Waals surface area contributed by atoms with Crippen molar-refractivity contribution in [3.63, 3.8) is 0 Å². The third-order valence-corrected chi connectivity index (χ3v) is 7.82. The van der Waals surface area contributed by atoms with E-state index in [1.807, 2.05) is 0 Å². The SMILES string of the molecule is CC(C)c1cc(C(C)C)c(S(=O)(=O)N(C)CC[NH+](C)C(C)(C)C)c(C(C)C)c1.[Cl-]. The Bertz CT molecular complexity index is 737. The monoisotopic (exact) mass is 446 g/mol. The summed E-state index contributed by atoms with van der Waals surface area (Å²) >= 11 is 0. The fourth-order valence-electron chi connectivity index (χ4n) is 3.16. The summed E-state index contributed by atoms with van der Waals surface area (Å²) in [7, 11) is 0.286. The van der Waals surface area contributed by atoms with Gasteiger partial charge in [-0.1, -0.05) is 53.7 Å². The second kappa shape index (κ2) is 10.6. The van der Waals surface area contributed by atoms with Crippen molar-refractivity contribution in [3.05, 3.63) is 28.8 Å². The van der Waals surface area contributed by atoms with Gasteiger partial charge < -0.3 is 17.3 Å². The predicted molar refractivity (Wildman–Crippen MR) is 120 cm³/mol. The molecule has 0 spiro atoms. The highest BCUT2D eigenvalue weighted by atomic mass is 35.5. The van der Waals surface area contributed by atoms with Gasteiger partial charge in [-0.25, -0.2) is 8.42 Å². The fourth-order valence-corrected chi connectivity index (χ4v) is 4.99. The fraction of sp³-hybridized carbons (Fsp3) is 0.739. The van der Waals surface area contributed by atoms with E-state index >= 15 is 0 Å². The number of likely N-dealkylation sites (N-methyl/N-ethyl adjacent to an activating group) is 2. The number of sulfonamides is 1. The van der Waals surface area contributed by atoms with Crippen molar-refractivity contribution in [1.82, 2.24) is 4.31 Å². The van der Waals surface area contributed by atoms with Gasteiger partial charge in [-0.05, 0) is 55.2 Å². The molecule has 0 aromatic heterocycles. The van der Waals surface area contributed by atoms with Crippen molar-refractivity contribution in [2.24, 2.45) is 0 Å². The molecule has 0 aliphatic heterocycles. The minimum atomic E-state index is -3.55. The first-order valence-corrected chi connectivity index (χ1v) is 12.0. The van der Waals surface area contributed by atoms with Gasteiger partial charge in [0, 0.05) is 7.05 Å². The van der Waals surface area contributed by atoms with E-state index in [0.29, 0.717) is 17.4 Å². The van der Waals surface area contributed by atoms with Gasteiger partial charge in [-0.15, -0.1) is 0 Å². The van der Waals surface area contributed by atoms with Gasteiger partial charge in [0.05, 0.1) is 30.6 Å². The number of rotatable bonds is 8. The molecular weight excluding hydrogens is 404 g/mol. The van der Waals surface area contributed by atoms with Gasteiger partial charge in [-0.3, -0.25) is 0 Å². The van der Waals surface area contributed by atoms with E-state index in [2.05, 4.69) is 81.5 Å². The highest BCUT2D eigenvalue weighted by molar-refractivity contribution is 7.89. The Hall–Kier alpha value is -0.620. The maximum absolute atomic E-state index is 13.6. The summed E-state index contributed by atoms with van der Waals surface area (Å²) in [6, 6.07) is 4.21. The smallest absolute Gasteiger partial charge is 0.243 e. The summed E-state index contributed by atoms with van der Waals surface area (Å²) < 4.78 is 28.8. The molecule has 6 heteroatoms. The lowest BCUT2D eigenvalue weighted by atomic mass is 9.89. The normalized spacial score (nSPS) is 14.0. The number of benzene rings is 1. The van der Waals surface area contributed by atoms with Crippen LogP contribution in [0.5, 0.6) is 0 Å². The highest BCUT2D eigenvalue weighted by Gasteiger charge is 2.31. The van der Waals surface area contributed by atoms with Gasteiger partial charge in [0.15, 0.2) is 0 Å². The molecule has 0 radical (unpaired) electrons. The van der Waals surface area contributed by atoms with Gasteiger partial charge in [-0.2, -0.15) is 4.31 Å². The average molecular weight is 447 g/mol. The number of nitrogens with one attached hydrogen (secondary N) is 1. The Morgan fingerprint density at radius 2 is 1.34 bits per heavy atom.